The number of carbonyl (C=O) groups is 2. The van der Waals surface area contributed by atoms with Gasteiger partial charge >= 0.3 is 11.6 Å². The SMILES string of the molecule is Cc1cc(=O)oc2cc(OCc3ccc(C(=O)OCC(=O)NC4CCCCCCC4)cc3)ccc12. The van der Waals surface area contributed by atoms with E-state index in [9.17, 15) is 14.4 Å². The molecule has 1 aliphatic carbocycles. The number of esters is 1. The van der Waals surface area contributed by atoms with E-state index in [-0.39, 0.29) is 25.2 Å². The van der Waals surface area contributed by atoms with E-state index in [0.29, 0.717) is 16.9 Å². The van der Waals surface area contributed by atoms with Crippen molar-refractivity contribution in [2.45, 2.75) is 64.5 Å². The summed E-state index contributed by atoms with van der Waals surface area (Å²) in [5.74, 6) is -0.217. The fourth-order valence-corrected chi connectivity index (χ4v) is 4.38. The molecule has 0 unspecified atom stereocenters. The summed E-state index contributed by atoms with van der Waals surface area (Å²) in [6.45, 7) is 1.86. The maximum Gasteiger partial charge on any atom is 0.338 e. The third-order valence-corrected chi connectivity index (χ3v) is 6.32. The zero-order chi connectivity index (χ0) is 24.6. The second-order valence-corrected chi connectivity index (χ2v) is 9.08. The van der Waals surface area contributed by atoms with E-state index >= 15 is 0 Å². The summed E-state index contributed by atoms with van der Waals surface area (Å²) in [6, 6.07) is 13.8. The van der Waals surface area contributed by atoms with E-state index in [1.807, 2.05) is 19.1 Å². The molecule has 1 fully saturated rings. The van der Waals surface area contributed by atoms with Crippen molar-refractivity contribution < 1.29 is 23.5 Å². The van der Waals surface area contributed by atoms with Crippen LogP contribution in [0.3, 0.4) is 0 Å². The number of carbonyl (C=O) groups excluding carboxylic acids is 2. The molecule has 0 saturated heterocycles. The van der Waals surface area contributed by atoms with Gasteiger partial charge in [-0.15, -0.1) is 0 Å². The number of aryl methyl sites for hydroxylation is 1. The molecule has 184 valence electrons. The highest BCUT2D eigenvalue weighted by molar-refractivity contribution is 5.91. The van der Waals surface area contributed by atoms with Crippen LogP contribution in [0.5, 0.6) is 5.75 Å². The highest BCUT2D eigenvalue weighted by Gasteiger charge is 2.16. The van der Waals surface area contributed by atoms with Crippen molar-refractivity contribution in [3.63, 3.8) is 0 Å². The zero-order valence-electron chi connectivity index (χ0n) is 20.0. The molecule has 0 spiro atoms. The Hall–Kier alpha value is -3.61. The van der Waals surface area contributed by atoms with Gasteiger partial charge in [0.15, 0.2) is 6.61 Å². The van der Waals surface area contributed by atoms with E-state index in [1.54, 1.807) is 30.3 Å². The molecular weight excluding hydrogens is 446 g/mol. The number of hydrogen-bond donors (Lipinski definition) is 1. The molecule has 1 heterocycles. The fourth-order valence-electron chi connectivity index (χ4n) is 4.38. The molecule has 1 amide bonds. The number of rotatable bonds is 7. The van der Waals surface area contributed by atoms with Gasteiger partial charge in [-0.25, -0.2) is 9.59 Å². The first-order valence-electron chi connectivity index (χ1n) is 12.2. The predicted octanol–water partition coefficient (Wildman–Crippen LogP) is 5.07. The standard InChI is InChI=1S/C28H31NO6/c1-19-15-27(31)35-25-16-23(13-14-24(19)25)33-17-20-9-11-21(12-10-20)28(32)34-18-26(30)29-22-7-5-3-2-4-6-8-22/h9-16,22H,2-8,17-18H2,1H3,(H,29,30). The molecule has 7 nitrogen and oxygen atoms in total. The van der Waals surface area contributed by atoms with Crippen molar-refractivity contribution in [1.29, 1.82) is 0 Å². The van der Waals surface area contributed by atoms with Crippen LogP contribution < -0.4 is 15.7 Å². The van der Waals surface area contributed by atoms with Crippen LogP contribution in [0, 0.1) is 6.92 Å². The van der Waals surface area contributed by atoms with Crippen molar-refractivity contribution in [3.8, 4) is 5.75 Å². The first-order chi connectivity index (χ1) is 17.0. The van der Waals surface area contributed by atoms with Gasteiger partial charge in [0.2, 0.25) is 0 Å². The van der Waals surface area contributed by atoms with Crippen LogP contribution in [0.4, 0.5) is 0 Å². The second-order valence-electron chi connectivity index (χ2n) is 9.08. The maximum absolute atomic E-state index is 12.3. The Balaban J connectivity index is 1.26. The minimum absolute atomic E-state index is 0.170. The van der Waals surface area contributed by atoms with E-state index in [1.165, 1.54) is 25.3 Å². The smallest absolute Gasteiger partial charge is 0.338 e. The third kappa shape index (κ3) is 6.94. The van der Waals surface area contributed by atoms with Crippen molar-refractivity contribution in [2.24, 2.45) is 0 Å². The molecule has 1 N–H and O–H groups in total. The monoisotopic (exact) mass is 477 g/mol. The Bertz CT molecular complexity index is 1220. The van der Waals surface area contributed by atoms with Crippen molar-refractivity contribution in [1.82, 2.24) is 5.32 Å². The molecule has 2 aromatic carbocycles. The van der Waals surface area contributed by atoms with Crippen LogP contribution in [-0.4, -0.2) is 24.5 Å². The molecule has 3 aromatic rings. The Morgan fingerprint density at radius 1 is 0.971 bits per heavy atom. The Morgan fingerprint density at radius 2 is 1.69 bits per heavy atom. The lowest BCUT2D eigenvalue weighted by molar-refractivity contribution is -0.125. The molecule has 1 saturated carbocycles. The lowest BCUT2D eigenvalue weighted by Gasteiger charge is -2.20. The van der Waals surface area contributed by atoms with Gasteiger partial charge in [-0.2, -0.15) is 0 Å². The van der Waals surface area contributed by atoms with Crippen molar-refractivity contribution in [3.05, 3.63) is 75.6 Å². The predicted molar refractivity (Wildman–Crippen MR) is 133 cm³/mol. The first-order valence-corrected chi connectivity index (χ1v) is 12.2. The van der Waals surface area contributed by atoms with Gasteiger partial charge in [-0.05, 0) is 55.2 Å². The molecule has 0 atom stereocenters. The summed E-state index contributed by atoms with van der Waals surface area (Å²) >= 11 is 0. The number of amides is 1. The maximum atomic E-state index is 12.3. The molecule has 7 heteroatoms. The van der Waals surface area contributed by atoms with Gasteiger partial charge in [0.25, 0.3) is 5.91 Å². The molecule has 0 aliphatic heterocycles. The quantitative estimate of drug-likeness (QED) is 0.377. The van der Waals surface area contributed by atoms with Gasteiger partial charge in [-0.1, -0.05) is 44.2 Å². The molecule has 1 aromatic heterocycles. The summed E-state index contributed by atoms with van der Waals surface area (Å²) in [7, 11) is 0. The van der Waals surface area contributed by atoms with Crippen LogP contribution >= 0.6 is 0 Å². The third-order valence-electron chi connectivity index (χ3n) is 6.32. The number of hydrogen-bond acceptors (Lipinski definition) is 6. The highest BCUT2D eigenvalue weighted by Crippen LogP contribution is 2.23. The number of ether oxygens (including phenoxy) is 2. The van der Waals surface area contributed by atoms with Gasteiger partial charge in [0.05, 0.1) is 5.56 Å². The minimum Gasteiger partial charge on any atom is -0.489 e. The normalized spacial score (nSPS) is 14.7. The molecule has 0 bridgehead atoms. The van der Waals surface area contributed by atoms with E-state index in [0.717, 1.165) is 42.2 Å². The Labute approximate surface area is 204 Å². The number of nitrogens with one attached hydrogen (secondary N) is 1. The van der Waals surface area contributed by atoms with Crippen LogP contribution in [0.25, 0.3) is 11.0 Å². The summed E-state index contributed by atoms with van der Waals surface area (Å²) in [6.07, 6.45) is 7.90. The van der Waals surface area contributed by atoms with Crippen LogP contribution in [0.15, 0.2) is 57.7 Å². The Morgan fingerprint density at radius 3 is 2.43 bits per heavy atom. The van der Waals surface area contributed by atoms with Gasteiger partial charge in [-0.3, -0.25) is 4.79 Å². The summed E-state index contributed by atoms with van der Waals surface area (Å²) in [5, 5.41) is 3.85. The summed E-state index contributed by atoms with van der Waals surface area (Å²) in [4.78, 5) is 36.2. The molecule has 1 aliphatic rings. The average molecular weight is 478 g/mol. The topological polar surface area (TPSA) is 94.8 Å². The fraction of sp³-hybridized carbons (Fsp3) is 0.393. The first kappa shape index (κ1) is 24.5. The number of benzene rings is 2. The molecule has 0 radical (unpaired) electrons. The lowest BCUT2D eigenvalue weighted by Crippen LogP contribution is -2.38. The van der Waals surface area contributed by atoms with Gasteiger partial charge < -0.3 is 19.2 Å². The summed E-state index contributed by atoms with van der Waals surface area (Å²) < 4.78 is 16.3. The molecule has 4 rings (SSSR count). The van der Waals surface area contributed by atoms with Crippen LogP contribution in [0.2, 0.25) is 0 Å². The van der Waals surface area contributed by atoms with E-state index in [2.05, 4.69) is 5.32 Å². The van der Waals surface area contributed by atoms with Gasteiger partial charge in [0, 0.05) is 23.6 Å². The van der Waals surface area contributed by atoms with Crippen molar-refractivity contribution in [2.75, 3.05) is 6.61 Å². The largest absolute Gasteiger partial charge is 0.489 e. The molecular formula is C28H31NO6. The van der Waals surface area contributed by atoms with E-state index < -0.39 is 11.6 Å². The second kappa shape index (κ2) is 11.7. The van der Waals surface area contributed by atoms with Crippen molar-refractivity contribution >= 4 is 22.8 Å². The minimum atomic E-state index is -0.537. The van der Waals surface area contributed by atoms with Crippen LogP contribution in [0.1, 0.15) is 66.4 Å². The highest BCUT2D eigenvalue weighted by atomic mass is 16.5. The zero-order valence-corrected chi connectivity index (χ0v) is 20.0. The molecule has 35 heavy (non-hydrogen) atoms. The van der Waals surface area contributed by atoms with Crippen LogP contribution in [-0.2, 0) is 16.1 Å². The number of fused-ring (bicyclic) bond motifs is 1. The summed E-state index contributed by atoms with van der Waals surface area (Å²) in [5.41, 5.74) is 2.16. The van der Waals surface area contributed by atoms with Gasteiger partial charge in [0.1, 0.15) is 17.9 Å². The Kier molecular flexibility index (Phi) is 8.19. The van der Waals surface area contributed by atoms with E-state index in [4.69, 9.17) is 13.9 Å². The average Bonchev–Trinajstić information content (AvgIpc) is 2.83. The lowest BCUT2D eigenvalue weighted by atomic mass is 9.97.